The minimum absolute atomic E-state index is 0.0447. The van der Waals surface area contributed by atoms with E-state index in [0.29, 0.717) is 26.4 Å². The van der Waals surface area contributed by atoms with Gasteiger partial charge in [0.05, 0.1) is 25.2 Å². The molecule has 4 unspecified atom stereocenters. The van der Waals surface area contributed by atoms with Gasteiger partial charge in [-0.3, -0.25) is 0 Å². The molecular formula is C13H26O7P2. The minimum Gasteiger partial charge on any atom is -0.353 e. The molecule has 2 rings (SSSR count). The van der Waals surface area contributed by atoms with Gasteiger partial charge >= 0.3 is 0 Å². The Morgan fingerprint density at radius 2 is 1.77 bits per heavy atom. The van der Waals surface area contributed by atoms with Crippen LogP contribution < -0.4 is 0 Å². The summed E-state index contributed by atoms with van der Waals surface area (Å²) >= 11 is 0. The van der Waals surface area contributed by atoms with Crippen molar-refractivity contribution >= 4 is 18.1 Å². The van der Waals surface area contributed by atoms with Crippen LogP contribution in [0.4, 0.5) is 0 Å². The first-order chi connectivity index (χ1) is 10.7. The maximum Gasteiger partial charge on any atom is 0.179 e. The Morgan fingerprint density at radius 1 is 1.09 bits per heavy atom. The van der Waals surface area contributed by atoms with Crippen LogP contribution in [0.25, 0.3) is 0 Å². The molecule has 0 bridgehead atoms. The van der Waals surface area contributed by atoms with Gasteiger partial charge in [-0.25, -0.2) is 0 Å². The van der Waals surface area contributed by atoms with Gasteiger partial charge in [0.15, 0.2) is 36.9 Å². The lowest BCUT2D eigenvalue weighted by Gasteiger charge is -2.44. The van der Waals surface area contributed by atoms with E-state index in [9.17, 15) is 0 Å². The summed E-state index contributed by atoms with van der Waals surface area (Å²) in [6.45, 7) is 8.00. The number of ether oxygens (including phenoxy) is 3. The summed E-state index contributed by atoms with van der Waals surface area (Å²) in [5, 5.41) is 0. The van der Waals surface area contributed by atoms with Crippen LogP contribution in [-0.2, 0) is 32.3 Å². The second-order valence-corrected chi connectivity index (χ2v) is 6.91. The number of hydrogen-bond donors (Lipinski definition) is 0. The average Bonchev–Trinajstić information content (AvgIpc) is 2.51. The molecule has 130 valence electrons. The maximum absolute atomic E-state index is 5.91. The Bertz CT molecular complexity index is 306. The number of rotatable bonds is 8. The summed E-state index contributed by atoms with van der Waals surface area (Å²) in [5.41, 5.74) is -0.430. The zero-order valence-corrected chi connectivity index (χ0v) is 15.3. The second-order valence-electron chi connectivity index (χ2n) is 5.48. The van der Waals surface area contributed by atoms with Crippen LogP contribution in [0.1, 0.15) is 33.6 Å². The molecule has 0 N–H and O–H groups in total. The molecule has 2 saturated heterocycles. The number of hydrogen-bond acceptors (Lipinski definition) is 7. The summed E-state index contributed by atoms with van der Waals surface area (Å²) in [6.07, 6.45) is 0.873. The Labute approximate surface area is 135 Å². The lowest BCUT2D eigenvalue weighted by atomic mass is 9.90. The fourth-order valence-corrected chi connectivity index (χ4v) is 3.76. The van der Waals surface area contributed by atoms with Gasteiger partial charge in [0.2, 0.25) is 0 Å². The smallest absolute Gasteiger partial charge is 0.179 e. The largest absolute Gasteiger partial charge is 0.353 e. The zero-order chi connectivity index (χ0) is 15.8. The molecule has 2 fully saturated rings. The predicted molar refractivity (Wildman–Crippen MR) is 83.7 cm³/mol. The van der Waals surface area contributed by atoms with Crippen molar-refractivity contribution in [3.8, 4) is 0 Å². The maximum atomic E-state index is 5.91. The molecule has 0 amide bonds. The third kappa shape index (κ3) is 5.59. The molecule has 9 heteroatoms. The highest BCUT2D eigenvalue weighted by atomic mass is 31.1. The monoisotopic (exact) mass is 356 g/mol. The molecule has 2 aliphatic rings. The van der Waals surface area contributed by atoms with Gasteiger partial charge in [0.25, 0.3) is 0 Å². The lowest BCUT2D eigenvalue weighted by Crippen LogP contribution is -2.52. The fraction of sp³-hybridized carbons (Fsp3) is 1.00. The highest BCUT2D eigenvalue weighted by Gasteiger charge is 2.47. The zero-order valence-electron chi connectivity index (χ0n) is 13.3. The van der Waals surface area contributed by atoms with Crippen LogP contribution in [0.2, 0.25) is 0 Å². The molecule has 0 saturated carbocycles. The Morgan fingerprint density at radius 3 is 2.45 bits per heavy atom. The quantitative estimate of drug-likeness (QED) is 0.376. The molecule has 0 aromatic rings. The van der Waals surface area contributed by atoms with Crippen LogP contribution in [0.5, 0.6) is 0 Å². The van der Waals surface area contributed by atoms with Gasteiger partial charge in [-0.05, 0) is 20.3 Å². The van der Waals surface area contributed by atoms with Crippen LogP contribution in [-0.4, -0.2) is 45.3 Å². The van der Waals surface area contributed by atoms with E-state index in [1.807, 2.05) is 13.8 Å². The molecule has 2 aliphatic heterocycles. The highest BCUT2D eigenvalue weighted by Crippen LogP contribution is 2.44. The molecule has 2 heterocycles. The number of unbranched alkanes of at least 4 members (excludes halogenated alkanes) is 1. The summed E-state index contributed by atoms with van der Waals surface area (Å²) in [4.78, 5) is 0. The topological polar surface area (TPSA) is 64.6 Å². The molecule has 0 aliphatic carbocycles. The average molecular weight is 356 g/mol. The van der Waals surface area contributed by atoms with Crippen molar-refractivity contribution in [3.63, 3.8) is 0 Å². The van der Waals surface area contributed by atoms with Crippen molar-refractivity contribution in [2.24, 2.45) is 5.41 Å². The Kier molecular flexibility index (Phi) is 8.40. The van der Waals surface area contributed by atoms with Gasteiger partial charge in [0.1, 0.15) is 0 Å². The van der Waals surface area contributed by atoms with Crippen LogP contribution in [0, 0.1) is 5.41 Å². The van der Waals surface area contributed by atoms with E-state index in [1.54, 1.807) is 0 Å². The summed E-state index contributed by atoms with van der Waals surface area (Å²) in [5.74, 6) is 0. The van der Waals surface area contributed by atoms with E-state index in [4.69, 9.17) is 32.3 Å². The third-order valence-corrected chi connectivity index (χ3v) is 4.56. The fourth-order valence-electron chi connectivity index (χ4n) is 2.17. The lowest BCUT2D eigenvalue weighted by molar-refractivity contribution is -0.305. The SMILES string of the molecule is CCCCOC(C)OC(C)OC1OPOCC12COPOC2. The van der Waals surface area contributed by atoms with Gasteiger partial charge in [-0.15, -0.1) is 0 Å². The van der Waals surface area contributed by atoms with Crippen LogP contribution in [0.3, 0.4) is 0 Å². The standard InChI is InChI=1S/C13H26O7P2/c1-4-5-6-14-10(2)18-11(3)19-12-13(9-17-22-20-12)7-15-21-16-8-13/h10-12,21-22H,4-9H2,1-3H3. The molecule has 0 aromatic heterocycles. The van der Waals surface area contributed by atoms with Gasteiger partial charge in [0, 0.05) is 6.61 Å². The first-order valence-corrected chi connectivity index (χ1v) is 9.23. The third-order valence-electron chi connectivity index (χ3n) is 3.46. The molecule has 0 radical (unpaired) electrons. The van der Waals surface area contributed by atoms with Gasteiger partial charge < -0.3 is 32.3 Å². The first-order valence-electron chi connectivity index (χ1n) is 7.60. The first kappa shape index (κ1) is 18.9. The molecule has 1 spiro atoms. The molecular weight excluding hydrogens is 330 g/mol. The van der Waals surface area contributed by atoms with Crippen LogP contribution in [0.15, 0.2) is 0 Å². The van der Waals surface area contributed by atoms with E-state index in [-0.39, 0.29) is 24.4 Å². The van der Waals surface area contributed by atoms with E-state index in [1.165, 1.54) is 0 Å². The van der Waals surface area contributed by atoms with Crippen LogP contribution >= 0.6 is 18.1 Å². The van der Waals surface area contributed by atoms with Gasteiger partial charge in [-0.2, -0.15) is 0 Å². The second kappa shape index (κ2) is 9.77. The van der Waals surface area contributed by atoms with Crippen molar-refractivity contribution in [2.45, 2.75) is 52.5 Å². The van der Waals surface area contributed by atoms with Crippen molar-refractivity contribution in [1.29, 1.82) is 0 Å². The summed E-state index contributed by atoms with van der Waals surface area (Å²) in [6, 6.07) is 0. The normalized spacial score (nSPS) is 34.2. The molecule has 22 heavy (non-hydrogen) atoms. The van der Waals surface area contributed by atoms with E-state index in [2.05, 4.69) is 6.92 Å². The van der Waals surface area contributed by atoms with Gasteiger partial charge in [-0.1, -0.05) is 13.3 Å². The van der Waals surface area contributed by atoms with Crippen molar-refractivity contribution < 1.29 is 32.3 Å². The molecule has 7 nitrogen and oxygen atoms in total. The molecule has 4 atom stereocenters. The Hall–Kier alpha value is 0.580. The van der Waals surface area contributed by atoms with Crippen molar-refractivity contribution in [3.05, 3.63) is 0 Å². The highest BCUT2D eigenvalue weighted by molar-refractivity contribution is 7.26. The van der Waals surface area contributed by atoms with Crippen molar-refractivity contribution in [2.75, 3.05) is 26.4 Å². The summed E-state index contributed by atoms with van der Waals surface area (Å²) < 4.78 is 39.1. The van der Waals surface area contributed by atoms with E-state index >= 15 is 0 Å². The Balaban J connectivity index is 1.79. The predicted octanol–water partition coefficient (Wildman–Crippen LogP) is 2.95. The van der Waals surface area contributed by atoms with E-state index in [0.717, 1.165) is 12.8 Å². The summed E-state index contributed by atoms with van der Waals surface area (Å²) in [7, 11) is 0.0211. The molecule has 0 aromatic carbocycles. The van der Waals surface area contributed by atoms with E-state index < -0.39 is 18.0 Å². The minimum atomic E-state index is -0.470. The van der Waals surface area contributed by atoms with Crippen molar-refractivity contribution in [1.82, 2.24) is 0 Å².